The van der Waals surface area contributed by atoms with Crippen molar-refractivity contribution in [1.29, 1.82) is 0 Å². The van der Waals surface area contributed by atoms with E-state index in [9.17, 15) is 20.0 Å². The first kappa shape index (κ1) is 13.6. The molecule has 1 amide bonds. The minimum atomic E-state index is -1.29. The monoisotopic (exact) mass is 220 g/mol. The van der Waals surface area contributed by atoms with E-state index in [0.717, 1.165) is 0 Å². The Morgan fingerprint density at radius 1 is 1.73 bits per heavy atom. The molecular weight excluding hydrogens is 204 g/mol. The van der Waals surface area contributed by atoms with Crippen molar-refractivity contribution in [2.24, 2.45) is 0 Å². The van der Waals surface area contributed by atoms with Crippen LogP contribution in [0.15, 0.2) is 0 Å². The third-order valence-electron chi connectivity index (χ3n) is 1.84. The van der Waals surface area contributed by atoms with Gasteiger partial charge in [0.05, 0.1) is 6.42 Å². The number of amides is 1. The van der Waals surface area contributed by atoms with Crippen LogP contribution in [-0.2, 0) is 9.63 Å². The van der Waals surface area contributed by atoms with Gasteiger partial charge in [-0.15, -0.1) is 10.1 Å². The van der Waals surface area contributed by atoms with Crippen molar-refractivity contribution in [3.63, 3.8) is 0 Å². The summed E-state index contributed by atoms with van der Waals surface area (Å²) in [6.07, 6.45) is -0.645. The van der Waals surface area contributed by atoms with E-state index in [1.165, 1.54) is 13.8 Å². The summed E-state index contributed by atoms with van der Waals surface area (Å²) in [6, 6.07) is 0. The van der Waals surface area contributed by atoms with Gasteiger partial charge in [0.1, 0.15) is 11.8 Å². The predicted octanol–water partition coefficient (Wildman–Crippen LogP) is 0.208. The molecule has 0 heterocycles. The zero-order valence-electron chi connectivity index (χ0n) is 9.02. The third-order valence-corrected chi connectivity index (χ3v) is 1.84. The molecule has 0 rings (SSSR count). The Labute approximate surface area is 87.5 Å². The van der Waals surface area contributed by atoms with E-state index >= 15 is 0 Å². The molecule has 2 unspecified atom stereocenters. The SMILES string of the molecule is CCC(C)(O)NC(=O)CC(C)O[N+](=O)[O-]. The fourth-order valence-electron chi connectivity index (χ4n) is 0.885. The fraction of sp³-hybridized carbons (Fsp3) is 0.875. The fourth-order valence-corrected chi connectivity index (χ4v) is 0.885. The van der Waals surface area contributed by atoms with Crippen molar-refractivity contribution in [2.75, 3.05) is 0 Å². The van der Waals surface area contributed by atoms with Gasteiger partial charge < -0.3 is 15.3 Å². The molecule has 7 heteroatoms. The molecule has 0 aromatic heterocycles. The van der Waals surface area contributed by atoms with Gasteiger partial charge >= 0.3 is 0 Å². The normalized spacial score (nSPS) is 16.3. The number of nitrogens with one attached hydrogen (secondary N) is 1. The van der Waals surface area contributed by atoms with Crippen molar-refractivity contribution < 1.29 is 19.8 Å². The van der Waals surface area contributed by atoms with Crippen molar-refractivity contribution in [3.05, 3.63) is 10.1 Å². The minimum absolute atomic E-state index is 0.170. The standard InChI is InChI=1S/C8H16N2O5/c1-4-8(3,12)9-7(11)5-6(2)15-10(13)14/h6,12H,4-5H2,1-3H3,(H,9,11). The lowest BCUT2D eigenvalue weighted by Gasteiger charge is -2.23. The van der Waals surface area contributed by atoms with Crippen LogP contribution < -0.4 is 5.32 Å². The molecule has 88 valence electrons. The Hall–Kier alpha value is -1.37. The predicted molar refractivity (Wildman–Crippen MR) is 51.2 cm³/mol. The van der Waals surface area contributed by atoms with Gasteiger partial charge in [-0.25, -0.2) is 0 Å². The molecule has 0 saturated heterocycles. The zero-order valence-corrected chi connectivity index (χ0v) is 9.02. The molecule has 0 bridgehead atoms. The van der Waals surface area contributed by atoms with Crippen molar-refractivity contribution in [1.82, 2.24) is 5.32 Å². The second-order valence-electron chi connectivity index (χ2n) is 3.52. The highest BCUT2D eigenvalue weighted by molar-refractivity contribution is 5.76. The molecule has 0 aliphatic rings. The molecule has 0 radical (unpaired) electrons. The number of hydrogen-bond acceptors (Lipinski definition) is 5. The molecule has 0 saturated carbocycles. The van der Waals surface area contributed by atoms with Crippen molar-refractivity contribution in [2.45, 2.75) is 45.4 Å². The van der Waals surface area contributed by atoms with Gasteiger partial charge in [0.2, 0.25) is 5.91 Å². The van der Waals surface area contributed by atoms with Crippen LogP contribution in [-0.4, -0.2) is 27.9 Å². The van der Waals surface area contributed by atoms with E-state index in [2.05, 4.69) is 10.2 Å². The summed E-state index contributed by atoms with van der Waals surface area (Å²) in [6.45, 7) is 4.56. The number of aliphatic hydroxyl groups is 1. The van der Waals surface area contributed by atoms with Gasteiger partial charge in [-0.3, -0.25) is 4.79 Å². The summed E-state index contributed by atoms with van der Waals surface area (Å²) in [5.74, 6) is -0.490. The summed E-state index contributed by atoms with van der Waals surface area (Å²) in [5, 5.41) is 20.8. The highest BCUT2D eigenvalue weighted by Crippen LogP contribution is 2.05. The van der Waals surface area contributed by atoms with Gasteiger partial charge in [-0.1, -0.05) is 6.92 Å². The van der Waals surface area contributed by atoms with E-state index in [0.29, 0.717) is 6.42 Å². The average Bonchev–Trinajstić information content (AvgIpc) is 2.00. The van der Waals surface area contributed by atoms with Crippen LogP contribution in [0.3, 0.4) is 0 Å². The maximum atomic E-state index is 11.2. The van der Waals surface area contributed by atoms with Crippen molar-refractivity contribution >= 4 is 5.91 Å². The second kappa shape index (κ2) is 5.50. The maximum absolute atomic E-state index is 11.2. The largest absolute Gasteiger partial charge is 0.371 e. The van der Waals surface area contributed by atoms with Crippen LogP contribution >= 0.6 is 0 Å². The molecule has 0 aromatic rings. The quantitative estimate of drug-likeness (QED) is 0.378. The zero-order chi connectivity index (χ0) is 12.1. The third kappa shape index (κ3) is 6.67. The molecule has 7 nitrogen and oxygen atoms in total. The van der Waals surface area contributed by atoms with Crippen LogP contribution in [0.2, 0.25) is 0 Å². The van der Waals surface area contributed by atoms with Gasteiger partial charge in [0.15, 0.2) is 0 Å². The minimum Gasteiger partial charge on any atom is -0.371 e. The van der Waals surface area contributed by atoms with Crippen LogP contribution in [0.4, 0.5) is 0 Å². The lowest BCUT2D eigenvalue weighted by atomic mass is 10.2. The van der Waals surface area contributed by atoms with Gasteiger partial charge in [-0.2, -0.15) is 0 Å². The molecule has 0 spiro atoms. The smallest absolute Gasteiger partial charge is 0.294 e. The summed E-state index contributed by atoms with van der Waals surface area (Å²) >= 11 is 0. The lowest BCUT2D eigenvalue weighted by molar-refractivity contribution is -0.767. The maximum Gasteiger partial charge on any atom is 0.294 e. The summed E-state index contributed by atoms with van der Waals surface area (Å²) in [7, 11) is 0. The highest BCUT2D eigenvalue weighted by atomic mass is 17.0. The Bertz CT molecular complexity index is 241. The summed E-state index contributed by atoms with van der Waals surface area (Å²) < 4.78 is 0. The van der Waals surface area contributed by atoms with Gasteiger partial charge in [-0.05, 0) is 20.3 Å². The molecular formula is C8H16N2O5. The first-order valence-electron chi connectivity index (χ1n) is 4.61. The first-order valence-corrected chi connectivity index (χ1v) is 4.61. The average molecular weight is 220 g/mol. The molecule has 0 aliphatic carbocycles. The molecule has 0 aromatic carbocycles. The Balaban J connectivity index is 3.98. The number of carbonyl (C=O) groups is 1. The topological polar surface area (TPSA) is 102 Å². The number of hydrogen-bond donors (Lipinski definition) is 2. The van der Waals surface area contributed by atoms with Crippen LogP contribution in [0.5, 0.6) is 0 Å². The number of carbonyl (C=O) groups excluding carboxylic acids is 1. The molecule has 0 fully saturated rings. The Morgan fingerprint density at radius 2 is 2.27 bits per heavy atom. The number of nitrogens with zero attached hydrogens (tertiary/aromatic N) is 1. The number of rotatable bonds is 6. The van der Waals surface area contributed by atoms with Crippen LogP contribution in [0, 0.1) is 10.1 Å². The van der Waals surface area contributed by atoms with E-state index < -0.39 is 22.8 Å². The van der Waals surface area contributed by atoms with Gasteiger partial charge in [0, 0.05) is 0 Å². The van der Waals surface area contributed by atoms with E-state index in [1.54, 1.807) is 6.92 Å². The van der Waals surface area contributed by atoms with E-state index in [1.807, 2.05) is 0 Å². The lowest BCUT2D eigenvalue weighted by Crippen LogP contribution is -2.46. The highest BCUT2D eigenvalue weighted by Gasteiger charge is 2.21. The first-order chi connectivity index (χ1) is 6.76. The van der Waals surface area contributed by atoms with E-state index in [4.69, 9.17) is 0 Å². The van der Waals surface area contributed by atoms with Crippen molar-refractivity contribution in [3.8, 4) is 0 Å². The Morgan fingerprint density at radius 3 is 2.67 bits per heavy atom. The molecule has 0 aliphatic heterocycles. The Kier molecular flexibility index (Phi) is 4.99. The summed E-state index contributed by atoms with van der Waals surface area (Å²) in [5.41, 5.74) is -1.29. The molecule has 2 atom stereocenters. The van der Waals surface area contributed by atoms with Gasteiger partial charge in [0.25, 0.3) is 5.09 Å². The van der Waals surface area contributed by atoms with E-state index in [-0.39, 0.29) is 6.42 Å². The second-order valence-corrected chi connectivity index (χ2v) is 3.52. The molecule has 2 N–H and O–H groups in total. The summed E-state index contributed by atoms with van der Waals surface area (Å²) in [4.78, 5) is 25.3. The van der Waals surface area contributed by atoms with Crippen LogP contribution in [0.1, 0.15) is 33.6 Å². The molecule has 15 heavy (non-hydrogen) atoms. The van der Waals surface area contributed by atoms with Crippen LogP contribution in [0.25, 0.3) is 0 Å².